The number of hydrogen-bond acceptors (Lipinski definition) is 3. The Balaban J connectivity index is 1.67. The first-order valence-electron chi connectivity index (χ1n) is 8.30. The van der Waals surface area contributed by atoms with Gasteiger partial charge in [-0.05, 0) is 23.8 Å². The fraction of sp³-hybridized carbons (Fsp3) is 0.316. The Hall–Kier alpha value is -2.61. The molecule has 1 aliphatic heterocycles. The second-order valence-electron chi connectivity index (χ2n) is 6.56. The van der Waals surface area contributed by atoms with Crippen molar-refractivity contribution in [1.82, 2.24) is 4.90 Å². The van der Waals surface area contributed by atoms with Crippen LogP contribution in [0.3, 0.4) is 0 Å². The van der Waals surface area contributed by atoms with E-state index in [2.05, 4.69) is 0 Å². The number of likely N-dealkylation sites (tertiary alicyclic amines) is 1. The van der Waals surface area contributed by atoms with Crippen LogP contribution in [-0.2, 0) is 17.9 Å². The number of ether oxygens (including phenoxy) is 1. The van der Waals surface area contributed by atoms with Gasteiger partial charge >= 0.3 is 0 Å². The highest BCUT2D eigenvalue weighted by Crippen LogP contribution is 2.33. The number of carbonyl (C=O) groups excluding carboxylic acids is 1. The largest absolute Gasteiger partial charge is 0.489 e. The highest BCUT2D eigenvalue weighted by molar-refractivity contribution is 5.80. The number of carbonyl (C=O) groups is 1. The van der Waals surface area contributed by atoms with Gasteiger partial charge in [0.2, 0.25) is 5.91 Å². The molecule has 144 valence electrons. The van der Waals surface area contributed by atoms with Crippen molar-refractivity contribution >= 4 is 5.91 Å². The van der Waals surface area contributed by atoms with Crippen molar-refractivity contribution in [3.05, 3.63) is 65.2 Å². The normalized spacial score (nSPS) is 19.2. The molecule has 1 aliphatic rings. The molecule has 8 heteroatoms. The Morgan fingerprint density at radius 2 is 2.00 bits per heavy atom. The molecule has 0 saturated carbocycles. The average molecular weight is 382 g/mol. The summed E-state index contributed by atoms with van der Waals surface area (Å²) in [5, 5.41) is 0. The summed E-state index contributed by atoms with van der Waals surface area (Å²) in [6.07, 6.45) is -0.668. The lowest BCUT2D eigenvalue weighted by molar-refractivity contribution is -0.122. The van der Waals surface area contributed by atoms with Crippen LogP contribution in [0.5, 0.6) is 5.75 Å². The predicted octanol–water partition coefficient (Wildman–Crippen LogP) is 3.24. The van der Waals surface area contributed by atoms with Crippen molar-refractivity contribution in [3.8, 4) is 5.75 Å². The fourth-order valence-electron chi connectivity index (χ4n) is 3.09. The zero-order valence-electron chi connectivity index (χ0n) is 14.3. The molecular weight excluding hydrogens is 364 g/mol. The molecule has 0 radical (unpaired) electrons. The van der Waals surface area contributed by atoms with Crippen LogP contribution in [0.4, 0.5) is 17.6 Å². The Kier molecular flexibility index (Phi) is 5.36. The Morgan fingerprint density at radius 3 is 2.67 bits per heavy atom. The molecule has 2 aromatic carbocycles. The van der Waals surface area contributed by atoms with E-state index in [0.717, 1.165) is 6.07 Å². The van der Waals surface area contributed by atoms with E-state index in [0.29, 0.717) is 5.56 Å². The van der Waals surface area contributed by atoms with Crippen molar-refractivity contribution in [2.24, 2.45) is 5.73 Å². The zero-order valence-corrected chi connectivity index (χ0v) is 14.3. The van der Waals surface area contributed by atoms with E-state index in [9.17, 15) is 22.4 Å². The molecule has 0 aromatic heterocycles. The maximum atomic E-state index is 14.3. The van der Waals surface area contributed by atoms with Gasteiger partial charge in [-0.15, -0.1) is 0 Å². The minimum atomic E-state index is -3.04. The second kappa shape index (κ2) is 7.56. The lowest BCUT2D eigenvalue weighted by Gasteiger charge is -2.21. The van der Waals surface area contributed by atoms with Crippen molar-refractivity contribution in [1.29, 1.82) is 0 Å². The van der Waals surface area contributed by atoms with Gasteiger partial charge in [-0.25, -0.2) is 17.6 Å². The van der Waals surface area contributed by atoms with Crippen LogP contribution >= 0.6 is 0 Å². The quantitative estimate of drug-likeness (QED) is 0.781. The number of nitrogens with two attached hydrogens (primary N) is 1. The lowest BCUT2D eigenvalue weighted by atomic mass is 10.1. The molecule has 0 bridgehead atoms. The van der Waals surface area contributed by atoms with E-state index in [-0.39, 0.29) is 24.5 Å². The summed E-state index contributed by atoms with van der Waals surface area (Å²) < 4.78 is 60.1. The minimum Gasteiger partial charge on any atom is -0.489 e. The first-order valence-corrected chi connectivity index (χ1v) is 8.30. The molecule has 0 aliphatic carbocycles. The van der Waals surface area contributed by atoms with Crippen LogP contribution in [0.15, 0.2) is 42.5 Å². The van der Waals surface area contributed by atoms with Gasteiger partial charge < -0.3 is 10.5 Å². The van der Waals surface area contributed by atoms with Gasteiger partial charge in [-0.2, -0.15) is 0 Å². The van der Waals surface area contributed by atoms with Gasteiger partial charge in [0.15, 0.2) is 0 Å². The van der Waals surface area contributed by atoms with Crippen molar-refractivity contribution < 1.29 is 27.1 Å². The first kappa shape index (κ1) is 19.2. The topological polar surface area (TPSA) is 55.6 Å². The average Bonchev–Trinajstić information content (AvgIpc) is 2.90. The number of rotatable bonds is 6. The maximum Gasteiger partial charge on any atom is 0.262 e. The van der Waals surface area contributed by atoms with E-state index in [1.165, 1.54) is 29.2 Å². The van der Waals surface area contributed by atoms with Gasteiger partial charge in [-0.1, -0.05) is 18.2 Å². The van der Waals surface area contributed by atoms with Crippen molar-refractivity contribution in [2.75, 3.05) is 6.54 Å². The molecule has 1 saturated heterocycles. The number of alkyl halides is 2. The SMILES string of the molecule is NC(=O)[C@@H]1CC(F)(F)CN1Cc1ccc(OCc2cccc(F)c2)cc1F. The summed E-state index contributed by atoms with van der Waals surface area (Å²) in [6.45, 7) is -0.768. The number of amides is 1. The minimum absolute atomic E-state index is 0.0542. The summed E-state index contributed by atoms with van der Waals surface area (Å²) in [6, 6.07) is 8.71. The highest BCUT2D eigenvalue weighted by atomic mass is 19.3. The Morgan fingerprint density at radius 1 is 1.22 bits per heavy atom. The van der Waals surface area contributed by atoms with Crippen LogP contribution in [0, 0.1) is 11.6 Å². The Labute approximate surface area is 153 Å². The van der Waals surface area contributed by atoms with Crippen LogP contribution in [0.1, 0.15) is 17.5 Å². The van der Waals surface area contributed by atoms with E-state index >= 15 is 0 Å². The predicted molar refractivity (Wildman–Crippen MR) is 90.1 cm³/mol. The summed E-state index contributed by atoms with van der Waals surface area (Å²) >= 11 is 0. The standard InChI is InChI=1S/C19H18F4N2O2/c20-14-3-1-2-12(6-14)10-27-15-5-4-13(16(21)7-15)9-25-11-19(22,23)8-17(25)18(24)26/h1-7,17H,8-11H2,(H2,24,26)/t17-/m0/s1. The van der Waals surface area contributed by atoms with Crippen LogP contribution < -0.4 is 10.5 Å². The van der Waals surface area contributed by atoms with Crippen LogP contribution in [0.2, 0.25) is 0 Å². The molecule has 2 aromatic rings. The van der Waals surface area contributed by atoms with Crippen LogP contribution in [0.25, 0.3) is 0 Å². The molecule has 27 heavy (non-hydrogen) atoms. The van der Waals surface area contributed by atoms with Gasteiger partial charge in [-0.3, -0.25) is 9.69 Å². The molecule has 2 N–H and O–H groups in total. The highest BCUT2D eigenvalue weighted by Gasteiger charge is 2.47. The maximum absolute atomic E-state index is 14.3. The summed E-state index contributed by atoms with van der Waals surface area (Å²) in [4.78, 5) is 12.6. The monoisotopic (exact) mass is 382 g/mol. The molecule has 4 nitrogen and oxygen atoms in total. The first-order chi connectivity index (χ1) is 12.7. The second-order valence-corrected chi connectivity index (χ2v) is 6.56. The summed E-state index contributed by atoms with van der Waals surface area (Å²) in [5.41, 5.74) is 5.91. The number of halogens is 4. The number of hydrogen-bond donors (Lipinski definition) is 1. The molecule has 1 atom stereocenters. The fourth-order valence-corrected chi connectivity index (χ4v) is 3.09. The lowest BCUT2D eigenvalue weighted by Crippen LogP contribution is -2.39. The van der Waals surface area contributed by atoms with Crippen molar-refractivity contribution in [2.45, 2.75) is 31.5 Å². The van der Waals surface area contributed by atoms with Gasteiger partial charge in [0.1, 0.15) is 24.0 Å². The third-order valence-corrected chi connectivity index (χ3v) is 4.39. The number of nitrogens with zero attached hydrogens (tertiary/aromatic N) is 1. The third-order valence-electron chi connectivity index (χ3n) is 4.39. The summed E-state index contributed by atoms with van der Waals surface area (Å²) in [7, 11) is 0. The molecule has 1 fully saturated rings. The van der Waals surface area contributed by atoms with E-state index in [1.807, 2.05) is 0 Å². The van der Waals surface area contributed by atoms with Gasteiger partial charge in [0, 0.05) is 24.6 Å². The molecular formula is C19H18F4N2O2. The van der Waals surface area contributed by atoms with E-state index in [4.69, 9.17) is 10.5 Å². The number of primary amides is 1. The molecule has 0 unspecified atom stereocenters. The molecule has 0 spiro atoms. The van der Waals surface area contributed by atoms with Crippen LogP contribution in [-0.4, -0.2) is 29.3 Å². The third kappa shape index (κ3) is 4.77. The van der Waals surface area contributed by atoms with E-state index < -0.39 is 42.5 Å². The Bertz CT molecular complexity index is 844. The molecule has 1 heterocycles. The molecule has 3 rings (SSSR count). The van der Waals surface area contributed by atoms with E-state index in [1.54, 1.807) is 12.1 Å². The number of benzene rings is 2. The zero-order chi connectivity index (χ0) is 19.6. The summed E-state index contributed by atoms with van der Waals surface area (Å²) in [5.74, 6) is -4.72. The van der Waals surface area contributed by atoms with Gasteiger partial charge in [0.05, 0.1) is 12.6 Å². The van der Waals surface area contributed by atoms with Gasteiger partial charge in [0.25, 0.3) is 5.92 Å². The molecule has 1 amide bonds. The van der Waals surface area contributed by atoms with Crippen molar-refractivity contribution in [3.63, 3.8) is 0 Å². The smallest absolute Gasteiger partial charge is 0.262 e.